The third kappa shape index (κ3) is 4.09. The van der Waals surface area contributed by atoms with Crippen LogP contribution in [0.1, 0.15) is 17.9 Å². The zero-order valence-corrected chi connectivity index (χ0v) is 18.4. The topological polar surface area (TPSA) is 97.4 Å². The predicted molar refractivity (Wildman–Crippen MR) is 129 cm³/mol. The summed E-state index contributed by atoms with van der Waals surface area (Å²) in [5.41, 5.74) is 9.53. The van der Waals surface area contributed by atoms with Gasteiger partial charge >= 0.3 is 0 Å². The van der Waals surface area contributed by atoms with Crippen molar-refractivity contribution in [2.24, 2.45) is 0 Å². The highest BCUT2D eigenvalue weighted by atomic mass is 19.1. The molecule has 0 saturated carbocycles. The molecule has 34 heavy (non-hydrogen) atoms. The fourth-order valence-corrected chi connectivity index (χ4v) is 4.47. The lowest BCUT2D eigenvalue weighted by molar-refractivity contribution is 0.0605. The van der Waals surface area contributed by atoms with Crippen molar-refractivity contribution in [1.82, 2.24) is 19.9 Å². The van der Waals surface area contributed by atoms with Gasteiger partial charge < -0.3 is 15.6 Å². The van der Waals surface area contributed by atoms with Gasteiger partial charge in [-0.1, -0.05) is 12.6 Å². The Balaban J connectivity index is 1.55. The summed E-state index contributed by atoms with van der Waals surface area (Å²) in [4.78, 5) is 14.7. The van der Waals surface area contributed by atoms with E-state index in [4.69, 9.17) is 10.5 Å². The molecule has 172 valence electrons. The number of aromatic nitrogens is 3. The quantitative estimate of drug-likeness (QED) is 0.325. The van der Waals surface area contributed by atoms with E-state index >= 15 is 4.39 Å². The SMILES string of the molecule is C=CC(O)N1CCC(c2cc(-c3ccc(Oc4ccccn4)cc3F)c(N)c3cncnc23)C1. The first-order chi connectivity index (χ1) is 16.5. The number of pyridine rings is 1. The van der Waals surface area contributed by atoms with Crippen LogP contribution in [-0.2, 0) is 0 Å². The summed E-state index contributed by atoms with van der Waals surface area (Å²) in [6.45, 7) is 5.03. The zero-order chi connectivity index (χ0) is 23.7. The first kappa shape index (κ1) is 21.9. The van der Waals surface area contributed by atoms with E-state index in [1.165, 1.54) is 18.5 Å². The van der Waals surface area contributed by atoms with Crippen molar-refractivity contribution < 1.29 is 14.2 Å². The normalized spacial score (nSPS) is 17.1. The monoisotopic (exact) mass is 457 g/mol. The number of benzene rings is 2. The van der Waals surface area contributed by atoms with Gasteiger partial charge in [0, 0.05) is 60.0 Å². The number of ether oxygens (including phenoxy) is 1. The molecule has 2 unspecified atom stereocenters. The summed E-state index contributed by atoms with van der Waals surface area (Å²) in [6.07, 6.45) is 6.39. The molecule has 1 aliphatic heterocycles. The minimum atomic E-state index is -0.705. The Morgan fingerprint density at radius 3 is 2.85 bits per heavy atom. The maximum absolute atomic E-state index is 15.3. The van der Waals surface area contributed by atoms with E-state index in [0.717, 1.165) is 24.0 Å². The maximum atomic E-state index is 15.3. The summed E-state index contributed by atoms with van der Waals surface area (Å²) in [6, 6.07) is 11.9. The van der Waals surface area contributed by atoms with Crippen molar-refractivity contribution in [3.05, 3.63) is 85.2 Å². The Bertz CT molecular complexity index is 1350. The number of nitrogen functional groups attached to an aromatic ring is 1. The second-order valence-electron chi connectivity index (χ2n) is 8.25. The number of anilines is 1. The number of nitrogens with two attached hydrogens (primary N) is 1. The first-order valence-electron chi connectivity index (χ1n) is 11.0. The maximum Gasteiger partial charge on any atom is 0.219 e. The van der Waals surface area contributed by atoms with Gasteiger partial charge in [-0.15, -0.1) is 0 Å². The Morgan fingerprint density at radius 2 is 2.09 bits per heavy atom. The smallest absolute Gasteiger partial charge is 0.219 e. The number of nitrogens with zero attached hydrogens (tertiary/aromatic N) is 4. The molecule has 2 aromatic carbocycles. The van der Waals surface area contributed by atoms with Crippen LogP contribution in [0.4, 0.5) is 10.1 Å². The molecule has 3 N–H and O–H groups in total. The molecule has 0 aliphatic carbocycles. The summed E-state index contributed by atoms with van der Waals surface area (Å²) in [5.74, 6) is 0.359. The number of halogens is 1. The molecular weight excluding hydrogens is 433 g/mol. The minimum absolute atomic E-state index is 0.0983. The fraction of sp³-hybridized carbons (Fsp3) is 0.192. The van der Waals surface area contributed by atoms with E-state index in [2.05, 4.69) is 21.5 Å². The number of aliphatic hydroxyl groups excluding tert-OH is 1. The molecule has 0 radical (unpaired) electrons. The molecule has 4 aromatic rings. The molecule has 8 heteroatoms. The highest BCUT2D eigenvalue weighted by Gasteiger charge is 2.29. The standard InChI is InChI=1S/C26H24FN5O2/c1-2-24(33)32-10-8-16(14-32)19-12-20(25(28)21-13-29-15-31-26(19)21)18-7-6-17(11-22(18)27)34-23-5-3-4-9-30-23/h2-7,9,11-13,15-16,24,33H,1,8,10,14,28H2. The van der Waals surface area contributed by atoms with Gasteiger partial charge in [-0.05, 0) is 42.3 Å². The number of aliphatic hydroxyl groups is 1. The molecule has 1 saturated heterocycles. The number of rotatable bonds is 6. The molecule has 5 rings (SSSR count). The van der Waals surface area contributed by atoms with Crippen LogP contribution in [-0.4, -0.2) is 44.3 Å². The van der Waals surface area contributed by atoms with Crippen LogP contribution in [0.3, 0.4) is 0 Å². The predicted octanol–water partition coefficient (Wildman–Crippen LogP) is 4.50. The average Bonchev–Trinajstić information content (AvgIpc) is 3.35. The third-order valence-electron chi connectivity index (χ3n) is 6.20. The van der Waals surface area contributed by atoms with Crippen LogP contribution in [0.25, 0.3) is 22.0 Å². The number of hydrogen-bond donors (Lipinski definition) is 2. The Hall–Kier alpha value is -3.88. The highest BCUT2D eigenvalue weighted by Crippen LogP contribution is 2.41. The number of hydrogen-bond acceptors (Lipinski definition) is 7. The zero-order valence-electron chi connectivity index (χ0n) is 18.4. The van der Waals surface area contributed by atoms with Gasteiger partial charge in [-0.3, -0.25) is 4.90 Å². The lowest BCUT2D eigenvalue weighted by Gasteiger charge is -2.21. The van der Waals surface area contributed by atoms with Gasteiger partial charge in [-0.25, -0.2) is 19.3 Å². The van der Waals surface area contributed by atoms with Crippen LogP contribution in [0.2, 0.25) is 0 Å². The first-order valence-corrected chi connectivity index (χ1v) is 11.0. The second-order valence-corrected chi connectivity index (χ2v) is 8.25. The van der Waals surface area contributed by atoms with Crippen LogP contribution in [0.15, 0.2) is 73.8 Å². The molecule has 7 nitrogen and oxygen atoms in total. The lowest BCUT2D eigenvalue weighted by atomic mass is 9.90. The molecule has 0 amide bonds. The van der Waals surface area contributed by atoms with E-state index in [0.29, 0.717) is 40.4 Å². The molecule has 3 heterocycles. The van der Waals surface area contributed by atoms with Crippen LogP contribution in [0.5, 0.6) is 11.6 Å². The van der Waals surface area contributed by atoms with E-state index in [-0.39, 0.29) is 5.92 Å². The van der Waals surface area contributed by atoms with E-state index < -0.39 is 12.0 Å². The van der Waals surface area contributed by atoms with Gasteiger partial charge in [0.05, 0.1) is 11.2 Å². The van der Waals surface area contributed by atoms with E-state index in [9.17, 15) is 5.11 Å². The van der Waals surface area contributed by atoms with Crippen molar-refractivity contribution in [3.8, 4) is 22.8 Å². The van der Waals surface area contributed by atoms with Crippen LogP contribution in [0, 0.1) is 5.82 Å². The number of likely N-dealkylation sites (tertiary alicyclic amines) is 1. The summed E-state index contributed by atoms with van der Waals surface area (Å²) in [7, 11) is 0. The molecule has 2 atom stereocenters. The average molecular weight is 458 g/mol. The van der Waals surface area contributed by atoms with Crippen molar-refractivity contribution in [2.45, 2.75) is 18.6 Å². The lowest BCUT2D eigenvalue weighted by Crippen LogP contribution is -2.31. The number of fused-ring (bicyclic) bond motifs is 1. The van der Waals surface area contributed by atoms with Gasteiger partial charge in [0.2, 0.25) is 5.88 Å². The molecule has 1 fully saturated rings. The van der Waals surface area contributed by atoms with E-state index in [1.54, 1.807) is 42.7 Å². The third-order valence-corrected chi connectivity index (χ3v) is 6.20. The van der Waals surface area contributed by atoms with Gasteiger partial charge in [-0.2, -0.15) is 0 Å². The van der Waals surface area contributed by atoms with Crippen LogP contribution < -0.4 is 10.5 Å². The minimum Gasteiger partial charge on any atom is -0.439 e. The molecule has 0 spiro atoms. The summed E-state index contributed by atoms with van der Waals surface area (Å²) in [5, 5.41) is 10.8. The summed E-state index contributed by atoms with van der Waals surface area (Å²) >= 11 is 0. The van der Waals surface area contributed by atoms with E-state index in [1.807, 2.05) is 11.0 Å². The Labute approximate surface area is 196 Å². The van der Waals surface area contributed by atoms with Crippen molar-refractivity contribution >= 4 is 16.6 Å². The summed E-state index contributed by atoms with van der Waals surface area (Å²) < 4.78 is 21.0. The van der Waals surface area contributed by atoms with Crippen molar-refractivity contribution in [1.29, 1.82) is 0 Å². The van der Waals surface area contributed by atoms with Crippen molar-refractivity contribution in [3.63, 3.8) is 0 Å². The highest BCUT2D eigenvalue weighted by molar-refractivity contribution is 6.00. The largest absolute Gasteiger partial charge is 0.439 e. The molecular formula is C26H24FN5O2. The van der Waals surface area contributed by atoms with Gasteiger partial charge in [0.1, 0.15) is 24.1 Å². The molecule has 0 bridgehead atoms. The Morgan fingerprint density at radius 1 is 1.21 bits per heavy atom. The Kier molecular flexibility index (Phi) is 5.91. The van der Waals surface area contributed by atoms with Crippen LogP contribution >= 0.6 is 0 Å². The molecule has 2 aromatic heterocycles. The molecule has 1 aliphatic rings. The van der Waals surface area contributed by atoms with Gasteiger partial charge in [0.25, 0.3) is 0 Å². The fourth-order valence-electron chi connectivity index (χ4n) is 4.47. The van der Waals surface area contributed by atoms with Gasteiger partial charge in [0.15, 0.2) is 0 Å². The van der Waals surface area contributed by atoms with Crippen molar-refractivity contribution in [2.75, 3.05) is 18.8 Å². The second kappa shape index (κ2) is 9.17.